The Hall–Kier alpha value is -2.11. The maximum Gasteiger partial charge on any atom is 0.187 e. The maximum absolute atomic E-state index is 5.97. The second-order valence-corrected chi connectivity index (χ2v) is 6.08. The van der Waals surface area contributed by atoms with Gasteiger partial charge in [0.15, 0.2) is 5.11 Å². The zero-order valence-electron chi connectivity index (χ0n) is 12.6. The van der Waals surface area contributed by atoms with Crippen molar-refractivity contribution in [1.82, 2.24) is 5.01 Å². The van der Waals surface area contributed by atoms with Crippen molar-refractivity contribution in [2.45, 2.75) is 12.5 Å². The van der Waals surface area contributed by atoms with Gasteiger partial charge in [0.05, 0.1) is 18.9 Å². The second kappa shape index (κ2) is 6.56. The molecule has 0 saturated heterocycles. The summed E-state index contributed by atoms with van der Waals surface area (Å²) in [4.78, 5) is 0. The molecule has 0 aliphatic carbocycles. The molecule has 1 atom stereocenters. The molecule has 0 spiro atoms. The van der Waals surface area contributed by atoms with Crippen LogP contribution in [0.5, 0.6) is 5.75 Å². The number of benzene rings is 2. The minimum absolute atomic E-state index is 0.0122. The van der Waals surface area contributed by atoms with E-state index < -0.39 is 0 Å². The van der Waals surface area contributed by atoms with E-state index in [0.29, 0.717) is 5.02 Å². The molecule has 1 heterocycles. The molecule has 118 valence electrons. The summed E-state index contributed by atoms with van der Waals surface area (Å²) in [5.41, 5.74) is 8.90. The first-order valence-electron chi connectivity index (χ1n) is 7.14. The average molecular weight is 346 g/mol. The van der Waals surface area contributed by atoms with Crippen LogP contribution in [0.25, 0.3) is 0 Å². The lowest BCUT2D eigenvalue weighted by Crippen LogP contribution is -2.31. The Labute approximate surface area is 145 Å². The number of hydrazone groups is 1. The largest absolute Gasteiger partial charge is 0.497 e. The highest BCUT2D eigenvalue weighted by Gasteiger charge is 2.30. The van der Waals surface area contributed by atoms with Gasteiger partial charge in [-0.25, -0.2) is 5.01 Å². The van der Waals surface area contributed by atoms with Gasteiger partial charge in [-0.1, -0.05) is 23.7 Å². The Bertz CT molecular complexity index is 743. The maximum atomic E-state index is 5.97. The molecule has 23 heavy (non-hydrogen) atoms. The fourth-order valence-corrected chi connectivity index (χ4v) is 2.91. The Morgan fingerprint density at radius 1 is 1.22 bits per heavy atom. The van der Waals surface area contributed by atoms with Crippen molar-refractivity contribution >= 4 is 34.6 Å². The fourth-order valence-electron chi connectivity index (χ4n) is 2.62. The fraction of sp³-hybridized carbons (Fsp3) is 0.176. The molecule has 2 aromatic carbocycles. The van der Waals surface area contributed by atoms with Crippen molar-refractivity contribution in [3.63, 3.8) is 0 Å². The van der Waals surface area contributed by atoms with Gasteiger partial charge < -0.3 is 10.5 Å². The summed E-state index contributed by atoms with van der Waals surface area (Å²) in [6, 6.07) is 15.5. The molecule has 0 radical (unpaired) electrons. The average Bonchev–Trinajstić information content (AvgIpc) is 3.01. The summed E-state index contributed by atoms with van der Waals surface area (Å²) in [6.07, 6.45) is 0.727. The number of halogens is 1. The van der Waals surface area contributed by atoms with Gasteiger partial charge in [0.2, 0.25) is 0 Å². The van der Waals surface area contributed by atoms with Crippen LogP contribution in [0.1, 0.15) is 23.6 Å². The summed E-state index contributed by atoms with van der Waals surface area (Å²) in [6.45, 7) is 0. The van der Waals surface area contributed by atoms with E-state index in [2.05, 4.69) is 5.10 Å². The van der Waals surface area contributed by atoms with Gasteiger partial charge in [0, 0.05) is 11.4 Å². The smallest absolute Gasteiger partial charge is 0.187 e. The molecule has 1 unspecified atom stereocenters. The zero-order chi connectivity index (χ0) is 16.4. The van der Waals surface area contributed by atoms with Crippen LogP contribution in [0.3, 0.4) is 0 Å². The third-order valence-corrected chi connectivity index (χ3v) is 4.25. The molecule has 0 fully saturated rings. The first kappa shape index (κ1) is 15.8. The summed E-state index contributed by atoms with van der Waals surface area (Å²) in [7, 11) is 1.65. The van der Waals surface area contributed by atoms with Crippen LogP contribution in [0.15, 0.2) is 53.6 Å². The predicted octanol–water partition coefficient (Wildman–Crippen LogP) is 3.74. The van der Waals surface area contributed by atoms with E-state index in [-0.39, 0.29) is 11.2 Å². The minimum atomic E-state index is -0.0122. The van der Waals surface area contributed by atoms with Crippen molar-refractivity contribution < 1.29 is 4.74 Å². The van der Waals surface area contributed by atoms with Gasteiger partial charge in [0.1, 0.15) is 5.75 Å². The van der Waals surface area contributed by atoms with E-state index in [4.69, 9.17) is 34.3 Å². The number of rotatable bonds is 3. The molecular weight excluding hydrogens is 330 g/mol. The third-order valence-electron chi connectivity index (χ3n) is 3.81. The molecule has 0 amide bonds. The van der Waals surface area contributed by atoms with Crippen LogP contribution in [-0.4, -0.2) is 22.9 Å². The lowest BCUT2D eigenvalue weighted by atomic mass is 9.98. The Morgan fingerprint density at radius 3 is 2.43 bits per heavy atom. The van der Waals surface area contributed by atoms with E-state index in [1.165, 1.54) is 0 Å². The summed E-state index contributed by atoms with van der Waals surface area (Å²) >= 11 is 11.1. The third kappa shape index (κ3) is 3.30. The van der Waals surface area contributed by atoms with Crippen LogP contribution in [0.4, 0.5) is 0 Å². The Balaban J connectivity index is 1.90. The number of hydrogen-bond donors (Lipinski definition) is 1. The van der Waals surface area contributed by atoms with E-state index in [1.807, 2.05) is 48.5 Å². The van der Waals surface area contributed by atoms with E-state index >= 15 is 0 Å². The molecule has 2 aromatic rings. The Kier molecular flexibility index (Phi) is 4.50. The highest BCUT2D eigenvalue weighted by Crippen LogP contribution is 2.33. The summed E-state index contributed by atoms with van der Waals surface area (Å²) in [5, 5.41) is 7.25. The quantitative estimate of drug-likeness (QED) is 0.861. The topological polar surface area (TPSA) is 50.8 Å². The predicted molar refractivity (Wildman–Crippen MR) is 97.0 cm³/mol. The number of ether oxygens (including phenoxy) is 1. The number of methoxy groups -OCH3 is 1. The van der Waals surface area contributed by atoms with Gasteiger partial charge in [-0.15, -0.1) is 0 Å². The van der Waals surface area contributed by atoms with E-state index in [9.17, 15) is 0 Å². The zero-order valence-corrected chi connectivity index (χ0v) is 14.1. The molecule has 1 aliphatic rings. The molecule has 6 heteroatoms. The van der Waals surface area contributed by atoms with Crippen molar-refractivity contribution in [1.29, 1.82) is 0 Å². The van der Waals surface area contributed by atoms with E-state index in [1.54, 1.807) is 12.1 Å². The first-order chi connectivity index (χ1) is 11.1. The van der Waals surface area contributed by atoms with Crippen LogP contribution in [-0.2, 0) is 0 Å². The van der Waals surface area contributed by atoms with Crippen LogP contribution < -0.4 is 10.5 Å². The van der Waals surface area contributed by atoms with Crippen LogP contribution in [0.2, 0.25) is 5.02 Å². The molecule has 0 bridgehead atoms. The monoisotopic (exact) mass is 345 g/mol. The van der Waals surface area contributed by atoms with Gasteiger partial charge >= 0.3 is 0 Å². The highest BCUT2D eigenvalue weighted by molar-refractivity contribution is 7.80. The second-order valence-electron chi connectivity index (χ2n) is 5.23. The normalized spacial score (nSPS) is 17.0. The van der Waals surface area contributed by atoms with Crippen molar-refractivity contribution in [2.24, 2.45) is 10.8 Å². The SMILES string of the molecule is COc1ccc(C2=NN(C(N)=S)C(c3ccc(Cl)cc3)C2)cc1. The number of nitrogens with two attached hydrogens (primary N) is 1. The molecule has 4 nitrogen and oxygen atoms in total. The lowest BCUT2D eigenvalue weighted by Gasteiger charge is -2.21. The van der Waals surface area contributed by atoms with Gasteiger partial charge in [-0.3, -0.25) is 0 Å². The van der Waals surface area contributed by atoms with Crippen LogP contribution >= 0.6 is 23.8 Å². The number of nitrogens with zero attached hydrogens (tertiary/aromatic N) is 2. The summed E-state index contributed by atoms with van der Waals surface area (Å²) in [5.74, 6) is 0.813. The van der Waals surface area contributed by atoms with Crippen molar-refractivity contribution in [2.75, 3.05) is 7.11 Å². The minimum Gasteiger partial charge on any atom is -0.497 e. The van der Waals surface area contributed by atoms with Crippen LogP contribution in [0, 0.1) is 0 Å². The first-order valence-corrected chi connectivity index (χ1v) is 7.93. The molecule has 0 saturated carbocycles. The molecular formula is C17H16ClN3OS. The lowest BCUT2D eigenvalue weighted by molar-refractivity contribution is 0.373. The highest BCUT2D eigenvalue weighted by atomic mass is 35.5. The van der Waals surface area contributed by atoms with Crippen molar-refractivity contribution in [3.8, 4) is 5.75 Å². The molecule has 2 N–H and O–H groups in total. The number of hydrogen-bond acceptors (Lipinski definition) is 3. The van der Waals surface area contributed by atoms with Gasteiger partial charge in [-0.2, -0.15) is 5.10 Å². The number of thiocarbonyl (C=S) groups is 1. The van der Waals surface area contributed by atoms with Gasteiger partial charge in [0.25, 0.3) is 0 Å². The molecule has 3 rings (SSSR count). The standard InChI is InChI=1S/C17H16ClN3OS/c1-22-14-8-4-11(5-9-14)15-10-16(21(20-15)17(19)23)12-2-6-13(18)7-3-12/h2-9,16H,10H2,1H3,(H2,19,23). The molecule has 1 aliphatic heterocycles. The van der Waals surface area contributed by atoms with Gasteiger partial charge in [-0.05, 0) is 59.7 Å². The summed E-state index contributed by atoms with van der Waals surface area (Å²) < 4.78 is 5.19. The van der Waals surface area contributed by atoms with E-state index in [0.717, 1.165) is 29.0 Å². The van der Waals surface area contributed by atoms with Crippen molar-refractivity contribution in [3.05, 3.63) is 64.7 Å². The molecule has 0 aromatic heterocycles. The Morgan fingerprint density at radius 2 is 1.87 bits per heavy atom.